The second kappa shape index (κ2) is 1.80. The highest BCUT2D eigenvalue weighted by Gasteiger charge is 1.82. The molecule has 1 heterocycles. The van der Waals surface area contributed by atoms with Crippen LogP contribution in [0.1, 0.15) is 5.69 Å². The van der Waals surface area contributed by atoms with Gasteiger partial charge in [0.25, 0.3) is 0 Å². The number of H-pyrrole nitrogens is 1. The van der Waals surface area contributed by atoms with E-state index in [9.17, 15) is 0 Å². The molecule has 1 rings (SSSR count). The summed E-state index contributed by atoms with van der Waals surface area (Å²) in [6.07, 6.45) is 2.70. The maximum atomic E-state index is 8.38. The SMILES string of the molecule is OCc1cc[c][nH]1. The van der Waals surface area contributed by atoms with Crippen molar-refractivity contribution < 1.29 is 5.11 Å². The van der Waals surface area contributed by atoms with Gasteiger partial charge >= 0.3 is 0 Å². The zero-order valence-corrected chi connectivity index (χ0v) is 3.81. The van der Waals surface area contributed by atoms with Crippen LogP contribution in [-0.2, 0) is 6.61 Å². The van der Waals surface area contributed by atoms with Crippen molar-refractivity contribution in [3.8, 4) is 0 Å². The molecule has 2 heteroatoms. The molecular weight excluding hydrogens is 90.1 g/mol. The van der Waals surface area contributed by atoms with Crippen LogP contribution < -0.4 is 0 Å². The molecule has 1 aromatic heterocycles. The first-order chi connectivity index (χ1) is 3.43. The van der Waals surface area contributed by atoms with Crippen LogP contribution in [-0.4, -0.2) is 10.1 Å². The molecule has 0 saturated carbocycles. The summed E-state index contributed by atoms with van der Waals surface area (Å²) in [5, 5.41) is 8.38. The summed E-state index contributed by atoms with van der Waals surface area (Å²) in [4.78, 5) is 2.71. The highest BCUT2D eigenvalue weighted by atomic mass is 16.3. The van der Waals surface area contributed by atoms with Gasteiger partial charge in [0.15, 0.2) is 0 Å². The topological polar surface area (TPSA) is 36.0 Å². The molecule has 7 heavy (non-hydrogen) atoms. The molecule has 0 saturated heterocycles. The third-order valence-electron chi connectivity index (χ3n) is 0.771. The summed E-state index contributed by atoms with van der Waals surface area (Å²) < 4.78 is 0. The smallest absolute Gasteiger partial charge is 0.0830 e. The van der Waals surface area contributed by atoms with E-state index in [1.807, 2.05) is 0 Å². The second-order valence-electron chi connectivity index (χ2n) is 1.29. The fraction of sp³-hybridized carbons (Fsp3) is 0.200. The molecule has 0 atom stereocenters. The van der Waals surface area contributed by atoms with Crippen molar-refractivity contribution >= 4 is 0 Å². The van der Waals surface area contributed by atoms with Crippen molar-refractivity contribution in [2.75, 3.05) is 0 Å². The van der Waals surface area contributed by atoms with Gasteiger partial charge in [-0.2, -0.15) is 0 Å². The first-order valence-corrected chi connectivity index (χ1v) is 2.08. The Bertz CT molecular complexity index is 123. The summed E-state index contributed by atoms with van der Waals surface area (Å²) in [6, 6.07) is 3.51. The van der Waals surface area contributed by atoms with Crippen LogP contribution in [0.25, 0.3) is 0 Å². The van der Waals surface area contributed by atoms with E-state index < -0.39 is 0 Å². The standard InChI is InChI=1S/C5H6NO/c7-4-5-2-1-3-6-5/h1-2,6-7H,4H2. The highest BCUT2D eigenvalue weighted by Crippen LogP contribution is 1.89. The Labute approximate surface area is 41.8 Å². The maximum Gasteiger partial charge on any atom is 0.0830 e. The van der Waals surface area contributed by atoms with Crippen LogP contribution in [0.15, 0.2) is 12.1 Å². The largest absolute Gasteiger partial charge is 0.390 e. The monoisotopic (exact) mass is 96.0 g/mol. The Kier molecular flexibility index (Phi) is 1.13. The van der Waals surface area contributed by atoms with Gasteiger partial charge in [-0.15, -0.1) is 0 Å². The number of aliphatic hydroxyl groups excluding tert-OH is 1. The molecule has 0 bridgehead atoms. The lowest BCUT2D eigenvalue weighted by atomic mass is 10.5. The molecule has 0 amide bonds. The zero-order valence-electron chi connectivity index (χ0n) is 3.81. The predicted molar refractivity (Wildman–Crippen MR) is 25.6 cm³/mol. The molecule has 0 aliphatic heterocycles. The molecule has 0 spiro atoms. The minimum absolute atomic E-state index is 0.0729. The number of nitrogens with one attached hydrogen (secondary N) is 1. The van der Waals surface area contributed by atoms with Crippen molar-refractivity contribution in [2.45, 2.75) is 6.61 Å². The van der Waals surface area contributed by atoms with Crippen LogP contribution in [0.5, 0.6) is 0 Å². The van der Waals surface area contributed by atoms with Gasteiger partial charge in [-0.1, -0.05) is 0 Å². The predicted octanol–water partition coefficient (Wildman–Crippen LogP) is 0.307. The van der Waals surface area contributed by atoms with Crippen LogP contribution >= 0.6 is 0 Å². The average Bonchev–Trinajstić information content (AvgIpc) is 2.14. The fourth-order valence-corrected chi connectivity index (χ4v) is 0.411. The molecule has 37 valence electrons. The minimum atomic E-state index is 0.0729. The van der Waals surface area contributed by atoms with Gasteiger partial charge in [-0.25, -0.2) is 0 Å². The van der Waals surface area contributed by atoms with Crippen molar-refractivity contribution in [3.05, 3.63) is 24.0 Å². The van der Waals surface area contributed by atoms with Gasteiger partial charge in [0.2, 0.25) is 0 Å². The van der Waals surface area contributed by atoms with Crippen molar-refractivity contribution in [1.29, 1.82) is 0 Å². The van der Waals surface area contributed by atoms with E-state index in [-0.39, 0.29) is 6.61 Å². The summed E-state index contributed by atoms with van der Waals surface area (Å²) in [7, 11) is 0. The number of hydrogen-bond acceptors (Lipinski definition) is 1. The highest BCUT2D eigenvalue weighted by molar-refractivity contribution is 5.00. The molecule has 1 aromatic rings. The van der Waals surface area contributed by atoms with Crippen LogP contribution in [0.3, 0.4) is 0 Å². The first kappa shape index (κ1) is 4.40. The summed E-state index contributed by atoms with van der Waals surface area (Å²) in [5.41, 5.74) is 0.806. The first-order valence-electron chi connectivity index (χ1n) is 2.08. The van der Waals surface area contributed by atoms with Crippen LogP contribution in [0.2, 0.25) is 0 Å². The molecule has 0 unspecified atom stereocenters. The molecule has 1 radical (unpaired) electrons. The third kappa shape index (κ3) is 0.810. The van der Waals surface area contributed by atoms with E-state index in [1.54, 1.807) is 12.1 Å². The number of aromatic amines is 1. The van der Waals surface area contributed by atoms with Crippen molar-refractivity contribution in [3.63, 3.8) is 0 Å². The molecule has 2 N–H and O–H groups in total. The lowest BCUT2D eigenvalue weighted by Crippen LogP contribution is -1.77. The van der Waals surface area contributed by atoms with Gasteiger partial charge in [-0.05, 0) is 12.1 Å². The number of hydrogen-bond donors (Lipinski definition) is 2. The lowest BCUT2D eigenvalue weighted by molar-refractivity contribution is 0.277. The Morgan fingerprint density at radius 2 is 2.71 bits per heavy atom. The zero-order chi connectivity index (χ0) is 5.11. The third-order valence-corrected chi connectivity index (χ3v) is 0.771. The van der Waals surface area contributed by atoms with Gasteiger partial charge in [0, 0.05) is 5.69 Å². The molecule has 0 aliphatic carbocycles. The van der Waals surface area contributed by atoms with E-state index in [1.165, 1.54) is 0 Å². The van der Waals surface area contributed by atoms with E-state index >= 15 is 0 Å². The number of aliphatic hydroxyl groups is 1. The Morgan fingerprint density at radius 1 is 1.86 bits per heavy atom. The van der Waals surface area contributed by atoms with Crippen LogP contribution in [0.4, 0.5) is 0 Å². The Morgan fingerprint density at radius 3 is 3.00 bits per heavy atom. The van der Waals surface area contributed by atoms with Crippen LogP contribution in [0, 0.1) is 6.20 Å². The van der Waals surface area contributed by atoms with Crippen molar-refractivity contribution in [2.24, 2.45) is 0 Å². The molecule has 2 nitrogen and oxygen atoms in total. The normalized spacial score (nSPS) is 9.29. The molecule has 0 fully saturated rings. The second-order valence-corrected chi connectivity index (χ2v) is 1.29. The maximum absolute atomic E-state index is 8.38. The number of rotatable bonds is 1. The lowest BCUT2D eigenvalue weighted by Gasteiger charge is -1.80. The van der Waals surface area contributed by atoms with E-state index in [0.29, 0.717) is 0 Å². The van der Waals surface area contributed by atoms with E-state index in [4.69, 9.17) is 5.11 Å². The summed E-state index contributed by atoms with van der Waals surface area (Å²) in [6.45, 7) is 0.0729. The van der Waals surface area contributed by atoms with E-state index in [0.717, 1.165) is 5.69 Å². The summed E-state index contributed by atoms with van der Waals surface area (Å²) >= 11 is 0. The van der Waals surface area contributed by atoms with Gasteiger partial charge in [0.1, 0.15) is 0 Å². The number of aromatic nitrogens is 1. The Balaban J connectivity index is 2.76. The Hall–Kier alpha value is -0.760. The molecule has 0 aliphatic rings. The van der Waals surface area contributed by atoms with E-state index in [2.05, 4.69) is 11.2 Å². The molecule has 0 aromatic carbocycles. The average molecular weight is 96.1 g/mol. The van der Waals surface area contributed by atoms with Gasteiger partial charge < -0.3 is 10.1 Å². The molecular formula is C5H6NO. The quantitative estimate of drug-likeness (QED) is 0.518. The van der Waals surface area contributed by atoms with Gasteiger partial charge in [-0.3, -0.25) is 0 Å². The minimum Gasteiger partial charge on any atom is -0.390 e. The summed E-state index contributed by atoms with van der Waals surface area (Å²) in [5.74, 6) is 0. The fourth-order valence-electron chi connectivity index (χ4n) is 0.411. The van der Waals surface area contributed by atoms with Gasteiger partial charge in [0.05, 0.1) is 12.8 Å². The van der Waals surface area contributed by atoms with Crippen molar-refractivity contribution in [1.82, 2.24) is 4.98 Å².